The summed E-state index contributed by atoms with van der Waals surface area (Å²) in [6.45, 7) is 3.36. The van der Waals surface area contributed by atoms with Crippen molar-refractivity contribution in [2.24, 2.45) is 0 Å². The molecule has 0 bridgehead atoms. The zero-order chi connectivity index (χ0) is 28.0. The Morgan fingerprint density at radius 2 is 1.92 bits per heavy atom. The standard InChI is InChI=1S/C29H34F3N5O2/c1-4-33-28(38)23-11-10-21(17-27(23)39-3)34-14-6-7-22-18-24-25(35-20-12-15-36(2)16-13-20)8-5-9-26(24)37(22)19-29(30,31)32/h5,8-11,17-18,20,34-35H,4,12-16,19H2,1-3H3,(H,33,38). The lowest BCUT2D eigenvalue weighted by Gasteiger charge is -2.30. The van der Waals surface area contributed by atoms with Crippen LogP contribution in [0.5, 0.6) is 5.75 Å². The Morgan fingerprint density at radius 1 is 1.15 bits per heavy atom. The molecule has 1 saturated heterocycles. The molecule has 2 aromatic carbocycles. The van der Waals surface area contributed by atoms with Crippen LogP contribution < -0.4 is 20.7 Å². The van der Waals surface area contributed by atoms with Gasteiger partial charge in [-0.05, 0) is 76.2 Å². The molecule has 1 fully saturated rings. The second-order valence-corrected chi connectivity index (χ2v) is 9.62. The highest BCUT2D eigenvalue weighted by atomic mass is 19.4. The van der Waals surface area contributed by atoms with Gasteiger partial charge >= 0.3 is 6.18 Å². The third-order valence-electron chi connectivity index (χ3n) is 6.74. The maximum atomic E-state index is 13.5. The normalized spacial score (nSPS) is 14.5. The number of nitrogens with zero attached hydrogens (tertiary/aromatic N) is 2. The molecule has 0 atom stereocenters. The second-order valence-electron chi connectivity index (χ2n) is 9.62. The number of anilines is 2. The van der Waals surface area contributed by atoms with E-state index >= 15 is 0 Å². The number of hydrogen-bond acceptors (Lipinski definition) is 5. The van der Waals surface area contributed by atoms with Gasteiger partial charge in [0.25, 0.3) is 5.91 Å². The first-order chi connectivity index (χ1) is 18.7. The Morgan fingerprint density at radius 3 is 2.62 bits per heavy atom. The van der Waals surface area contributed by atoms with E-state index in [2.05, 4.69) is 39.7 Å². The molecule has 4 rings (SSSR count). The van der Waals surface area contributed by atoms with Crippen molar-refractivity contribution in [2.75, 3.05) is 51.0 Å². The summed E-state index contributed by atoms with van der Waals surface area (Å²) in [4.78, 5) is 14.5. The molecule has 0 saturated carbocycles. The number of halogens is 3. The van der Waals surface area contributed by atoms with Gasteiger partial charge in [-0.3, -0.25) is 4.79 Å². The summed E-state index contributed by atoms with van der Waals surface area (Å²) in [6, 6.07) is 12.5. The van der Waals surface area contributed by atoms with Gasteiger partial charge in [-0.2, -0.15) is 13.2 Å². The van der Waals surface area contributed by atoms with Crippen molar-refractivity contribution >= 4 is 28.2 Å². The molecule has 0 spiro atoms. The zero-order valence-corrected chi connectivity index (χ0v) is 22.4. The summed E-state index contributed by atoms with van der Waals surface area (Å²) in [5, 5.41) is 10.1. The number of alkyl halides is 3. The van der Waals surface area contributed by atoms with Crippen LogP contribution in [0.3, 0.4) is 0 Å². The molecule has 208 valence electrons. The first-order valence-electron chi connectivity index (χ1n) is 13.0. The highest BCUT2D eigenvalue weighted by molar-refractivity contribution is 5.97. The van der Waals surface area contributed by atoms with Crippen LogP contribution in [0.2, 0.25) is 0 Å². The van der Waals surface area contributed by atoms with Crippen LogP contribution >= 0.6 is 0 Å². The Hall–Kier alpha value is -3.84. The summed E-state index contributed by atoms with van der Waals surface area (Å²) >= 11 is 0. The lowest BCUT2D eigenvalue weighted by molar-refractivity contribution is -0.140. The molecule has 3 N–H and O–H groups in total. The van der Waals surface area contributed by atoms with Crippen LogP contribution in [0.15, 0.2) is 42.5 Å². The van der Waals surface area contributed by atoms with E-state index < -0.39 is 12.7 Å². The molecule has 3 aromatic rings. The smallest absolute Gasteiger partial charge is 0.406 e. The predicted octanol–water partition coefficient (Wildman–Crippen LogP) is 4.93. The van der Waals surface area contributed by atoms with Gasteiger partial charge in [0.2, 0.25) is 0 Å². The largest absolute Gasteiger partial charge is 0.496 e. The Labute approximate surface area is 226 Å². The van der Waals surface area contributed by atoms with E-state index in [1.807, 2.05) is 13.0 Å². The van der Waals surface area contributed by atoms with Gasteiger partial charge in [0.1, 0.15) is 12.3 Å². The van der Waals surface area contributed by atoms with E-state index in [1.54, 1.807) is 36.4 Å². The van der Waals surface area contributed by atoms with Crippen LogP contribution in [0.4, 0.5) is 24.5 Å². The molecule has 1 aliphatic rings. The van der Waals surface area contributed by atoms with Crippen molar-refractivity contribution in [2.45, 2.75) is 38.5 Å². The van der Waals surface area contributed by atoms with Crippen LogP contribution in [0.1, 0.15) is 35.8 Å². The van der Waals surface area contributed by atoms with Gasteiger partial charge in [-0.1, -0.05) is 12.0 Å². The molecule has 2 heterocycles. The molecule has 39 heavy (non-hydrogen) atoms. The highest BCUT2D eigenvalue weighted by Crippen LogP contribution is 2.31. The van der Waals surface area contributed by atoms with Crippen molar-refractivity contribution in [3.05, 3.63) is 53.7 Å². The first-order valence-corrected chi connectivity index (χ1v) is 13.0. The molecule has 10 heteroatoms. The monoisotopic (exact) mass is 541 g/mol. The summed E-state index contributed by atoms with van der Waals surface area (Å²) in [6.07, 6.45) is -2.44. The number of fused-ring (bicyclic) bond motifs is 1. The SMILES string of the molecule is CCNC(=O)c1ccc(NCC#Cc2cc3c(NC4CCN(C)CC4)cccc3n2CC(F)(F)F)cc1OC. The summed E-state index contributed by atoms with van der Waals surface area (Å²) in [5.41, 5.74) is 2.70. The molecule has 1 aliphatic heterocycles. The van der Waals surface area contributed by atoms with Crippen molar-refractivity contribution in [3.63, 3.8) is 0 Å². The quantitative estimate of drug-likeness (QED) is 0.353. The molecule has 7 nitrogen and oxygen atoms in total. The number of hydrogen-bond donors (Lipinski definition) is 3. The maximum Gasteiger partial charge on any atom is 0.406 e. The maximum absolute atomic E-state index is 13.5. The number of methoxy groups -OCH3 is 1. The van der Waals surface area contributed by atoms with Gasteiger partial charge in [-0.15, -0.1) is 0 Å². The number of amides is 1. The third-order valence-corrected chi connectivity index (χ3v) is 6.74. The van der Waals surface area contributed by atoms with Crippen molar-refractivity contribution in [1.82, 2.24) is 14.8 Å². The van der Waals surface area contributed by atoms with E-state index in [1.165, 1.54) is 11.7 Å². The van der Waals surface area contributed by atoms with Crippen LogP contribution in [-0.2, 0) is 6.54 Å². The number of aromatic nitrogens is 1. The van der Waals surface area contributed by atoms with E-state index in [9.17, 15) is 18.0 Å². The minimum atomic E-state index is -4.39. The number of rotatable bonds is 8. The second kappa shape index (κ2) is 12.3. The number of carbonyl (C=O) groups is 1. The van der Waals surface area contributed by atoms with Gasteiger partial charge in [0.05, 0.1) is 30.4 Å². The molecule has 0 aliphatic carbocycles. The van der Waals surface area contributed by atoms with Crippen LogP contribution in [-0.4, -0.2) is 67.9 Å². The number of ether oxygens (including phenoxy) is 1. The molecule has 1 amide bonds. The Balaban J connectivity index is 1.55. The Kier molecular flexibility index (Phi) is 8.92. The van der Waals surface area contributed by atoms with Crippen molar-refractivity contribution in [3.8, 4) is 17.6 Å². The highest BCUT2D eigenvalue weighted by Gasteiger charge is 2.30. The molecule has 0 unspecified atom stereocenters. The number of benzene rings is 2. The molecular formula is C29H34F3N5O2. The molecule has 0 radical (unpaired) electrons. The fourth-order valence-electron chi connectivity index (χ4n) is 4.76. The summed E-state index contributed by atoms with van der Waals surface area (Å²) in [7, 11) is 3.57. The third kappa shape index (κ3) is 7.18. The van der Waals surface area contributed by atoms with E-state index in [-0.39, 0.29) is 18.5 Å². The van der Waals surface area contributed by atoms with Crippen LogP contribution in [0.25, 0.3) is 10.9 Å². The minimum absolute atomic E-state index is 0.192. The molecular weight excluding hydrogens is 507 g/mol. The van der Waals surface area contributed by atoms with Gasteiger partial charge in [-0.25, -0.2) is 0 Å². The molecule has 1 aromatic heterocycles. The van der Waals surface area contributed by atoms with Gasteiger partial charge in [0.15, 0.2) is 0 Å². The fourth-order valence-corrected chi connectivity index (χ4v) is 4.76. The lowest BCUT2D eigenvalue weighted by atomic mass is 10.0. The minimum Gasteiger partial charge on any atom is -0.496 e. The number of carbonyl (C=O) groups excluding carboxylic acids is 1. The van der Waals surface area contributed by atoms with Crippen molar-refractivity contribution in [1.29, 1.82) is 0 Å². The van der Waals surface area contributed by atoms with Gasteiger partial charge < -0.3 is 30.2 Å². The van der Waals surface area contributed by atoms with E-state index in [0.29, 0.717) is 34.8 Å². The van der Waals surface area contributed by atoms with E-state index in [4.69, 9.17) is 4.74 Å². The summed E-state index contributed by atoms with van der Waals surface area (Å²) < 4.78 is 47.1. The fraction of sp³-hybridized carbons (Fsp3) is 0.414. The average Bonchev–Trinajstić information content (AvgIpc) is 3.24. The topological polar surface area (TPSA) is 70.6 Å². The first kappa shape index (κ1) is 28.2. The Bertz CT molecular complexity index is 1360. The predicted molar refractivity (Wildman–Crippen MR) is 149 cm³/mol. The average molecular weight is 542 g/mol. The number of nitrogens with one attached hydrogen (secondary N) is 3. The summed E-state index contributed by atoms with van der Waals surface area (Å²) in [5.74, 6) is 6.05. The van der Waals surface area contributed by atoms with Gasteiger partial charge in [0, 0.05) is 35.4 Å². The number of likely N-dealkylation sites (tertiary alicyclic amines) is 1. The van der Waals surface area contributed by atoms with E-state index in [0.717, 1.165) is 37.0 Å². The van der Waals surface area contributed by atoms with Crippen LogP contribution in [0, 0.1) is 11.8 Å². The zero-order valence-electron chi connectivity index (χ0n) is 22.4. The van der Waals surface area contributed by atoms with Crippen molar-refractivity contribution < 1.29 is 22.7 Å². The number of piperidine rings is 1. The lowest BCUT2D eigenvalue weighted by Crippen LogP contribution is -2.36.